The van der Waals surface area contributed by atoms with Crippen LogP contribution in [0, 0.1) is 6.92 Å². The van der Waals surface area contributed by atoms with Crippen LogP contribution in [-0.4, -0.2) is 11.1 Å². The number of benzene rings is 2. The third kappa shape index (κ3) is 4.14. The Balaban J connectivity index is 1.99. The van der Waals surface area contributed by atoms with Crippen molar-refractivity contribution in [3.63, 3.8) is 0 Å². The minimum absolute atomic E-state index is 0.0156. The van der Waals surface area contributed by atoms with Crippen LogP contribution in [-0.2, 0) is 17.8 Å². The molecule has 0 saturated carbocycles. The largest absolute Gasteiger partial charge is 0.489 e. The Morgan fingerprint density at radius 3 is 2.53 bits per heavy atom. The third-order valence-corrected chi connectivity index (χ3v) is 2.78. The molecule has 0 aliphatic heterocycles. The van der Waals surface area contributed by atoms with Gasteiger partial charge >= 0.3 is 5.97 Å². The maximum atomic E-state index is 10.7. The van der Waals surface area contributed by atoms with Gasteiger partial charge in [0.05, 0.1) is 6.42 Å². The molecule has 0 unspecified atom stereocenters. The van der Waals surface area contributed by atoms with Crippen LogP contribution >= 0.6 is 0 Å². The number of aliphatic carboxylic acids is 1. The SMILES string of the molecule is Cc1ccc(COc2cccc(CC(=O)O)c2)cc1. The third-order valence-electron chi connectivity index (χ3n) is 2.78. The first kappa shape index (κ1) is 13.1. The van der Waals surface area contributed by atoms with E-state index in [9.17, 15) is 4.79 Å². The summed E-state index contributed by atoms with van der Waals surface area (Å²) in [5.41, 5.74) is 3.05. The van der Waals surface area contributed by atoms with Crippen molar-refractivity contribution in [2.24, 2.45) is 0 Å². The molecule has 0 fully saturated rings. The average molecular weight is 256 g/mol. The maximum absolute atomic E-state index is 10.7. The van der Waals surface area contributed by atoms with Crippen molar-refractivity contribution in [1.29, 1.82) is 0 Å². The van der Waals surface area contributed by atoms with Gasteiger partial charge in [-0.2, -0.15) is 0 Å². The van der Waals surface area contributed by atoms with E-state index in [4.69, 9.17) is 9.84 Å². The second kappa shape index (κ2) is 6.05. The number of aryl methyl sites for hydroxylation is 1. The van der Waals surface area contributed by atoms with E-state index in [1.54, 1.807) is 12.1 Å². The van der Waals surface area contributed by atoms with Crippen molar-refractivity contribution < 1.29 is 14.6 Å². The summed E-state index contributed by atoms with van der Waals surface area (Å²) < 4.78 is 5.66. The van der Waals surface area contributed by atoms with Crippen LogP contribution in [0.15, 0.2) is 48.5 Å². The highest BCUT2D eigenvalue weighted by molar-refractivity contribution is 5.70. The minimum atomic E-state index is -0.837. The Morgan fingerprint density at radius 1 is 1.11 bits per heavy atom. The molecule has 0 heterocycles. The highest BCUT2D eigenvalue weighted by Gasteiger charge is 2.02. The van der Waals surface area contributed by atoms with Crippen molar-refractivity contribution >= 4 is 5.97 Å². The number of hydrogen-bond donors (Lipinski definition) is 1. The standard InChI is InChI=1S/C16H16O3/c1-12-5-7-13(8-6-12)11-19-15-4-2-3-14(9-15)10-16(17)18/h2-9H,10-11H2,1H3,(H,17,18). The fraction of sp³-hybridized carbons (Fsp3) is 0.188. The van der Waals surface area contributed by atoms with Crippen LogP contribution in [0.2, 0.25) is 0 Å². The van der Waals surface area contributed by atoms with Gasteiger partial charge < -0.3 is 9.84 Å². The van der Waals surface area contributed by atoms with Crippen molar-refractivity contribution in [1.82, 2.24) is 0 Å². The Bertz CT molecular complexity index is 558. The quantitative estimate of drug-likeness (QED) is 0.893. The van der Waals surface area contributed by atoms with Gasteiger partial charge in [-0.15, -0.1) is 0 Å². The molecule has 0 aliphatic rings. The van der Waals surface area contributed by atoms with Gasteiger partial charge in [0.1, 0.15) is 12.4 Å². The Labute approximate surface area is 112 Å². The molecule has 0 aromatic heterocycles. The van der Waals surface area contributed by atoms with Crippen LogP contribution < -0.4 is 4.74 Å². The fourth-order valence-electron chi connectivity index (χ4n) is 1.77. The molecule has 2 aromatic rings. The van der Waals surface area contributed by atoms with Gasteiger partial charge in [-0.05, 0) is 30.2 Å². The Morgan fingerprint density at radius 2 is 1.84 bits per heavy atom. The molecular formula is C16H16O3. The zero-order chi connectivity index (χ0) is 13.7. The molecule has 0 atom stereocenters. The lowest BCUT2D eigenvalue weighted by Gasteiger charge is -2.07. The number of ether oxygens (including phenoxy) is 1. The highest BCUT2D eigenvalue weighted by atomic mass is 16.5. The molecule has 0 radical (unpaired) electrons. The summed E-state index contributed by atoms with van der Waals surface area (Å²) >= 11 is 0. The summed E-state index contributed by atoms with van der Waals surface area (Å²) in [5, 5.41) is 8.75. The van der Waals surface area contributed by atoms with Gasteiger partial charge in [-0.25, -0.2) is 0 Å². The maximum Gasteiger partial charge on any atom is 0.307 e. The second-order valence-electron chi connectivity index (χ2n) is 4.49. The zero-order valence-electron chi connectivity index (χ0n) is 10.8. The predicted octanol–water partition coefficient (Wildman–Crippen LogP) is 3.20. The first-order valence-corrected chi connectivity index (χ1v) is 6.12. The summed E-state index contributed by atoms with van der Waals surface area (Å²) in [7, 11) is 0. The summed E-state index contributed by atoms with van der Waals surface area (Å²) in [5.74, 6) is -0.144. The molecule has 19 heavy (non-hydrogen) atoms. The summed E-state index contributed by atoms with van der Waals surface area (Å²) in [6.45, 7) is 2.52. The van der Waals surface area contributed by atoms with Gasteiger partial charge in [-0.3, -0.25) is 4.79 Å². The lowest BCUT2D eigenvalue weighted by molar-refractivity contribution is -0.136. The highest BCUT2D eigenvalue weighted by Crippen LogP contribution is 2.16. The van der Waals surface area contributed by atoms with Crippen molar-refractivity contribution in [2.45, 2.75) is 20.0 Å². The second-order valence-corrected chi connectivity index (χ2v) is 4.49. The first-order valence-electron chi connectivity index (χ1n) is 6.12. The molecule has 0 spiro atoms. The summed E-state index contributed by atoms with van der Waals surface area (Å²) in [4.78, 5) is 10.7. The van der Waals surface area contributed by atoms with Crippen molar-refractivity contribution in [3.8, 4) is 5.75 Å². The molecule has 1 N–H and O–H groups in total. The molecule has 0 amide bonds. The first-order chi connectivity index (χ1) is 9.13. The van der Waals surface area contributed by atoms with Crippen LogP contribution in [0.5, 0.6) is 5.75 Å². The molecule has 2 rings (SSSR count). The number of carboxylic acids is 1. The van der Waals surface area contributed by atoms with Gasteiger partial charge in [0.15, 0.2) is 0 Å². The number of carboxylic acid groups (broad SMARTS) is 1. The van der Waals surface area contributed by atoms with E-state index in [-0.39, 0.29) is 6.42 Å². The molecule has 3 heteroatoms. The van der Waals surface area contributed by atoms with E-state index < -0.39 is 5.97 Å². The molecule has 3 nitrogen and oxygen atoms in total. The van der Waals surface area contributed by atoms with E-state index in [0.29, 0.717) is 12.4 Å². The van der Waals surface area contributed by atoms with E-state index in [1.807, 2.05) is 43.3 Å². The van der Waals surface area contributed by atoms with E-state index in [1.165, 1.54) is 5.56 Å². The van der Waals surface area contributed by atoms with Gasteiger partial charge in [0.25, 0.3) is 0 Å². The lowest BCUT2D eigenvalue weighted by atomic mass is 10.1. The molecule has 2 aromatic carbocycles. The fourth-order valence-corrected chi connectivity index (χ4v) is 1.77. The van der Waals surface area contributed by atoms with Crippen LogP contribution in [0.25, 0.3) is 0 Å². The van der Waals surface area contributed by atoms with Crippen LogP contribution in [0.3, 0.4) is 0 Å². The molecule has 0 saturated heterocycles. The molecule has 0 aliphatic carbocycles. The predicted molar refractivity (Wildman–Crippen MR) is 73.3 cm³/mol. The van der Waals surface area contributed by atoms with Crippen molar-refractivity contribution in [3.05, 3.63) is 65.2 Å². The topological polar surface area (TPSA) is 46.5 Å². The van der Waals surface area contributed by atoms with Crippen molar-refractivity contribution in [2.75, 3.05) is 0 Å². The average Bonchev–Trinajstić information content (AvgIpc) is 2.38. The zero-order valence-corrected chi connectivity index (χ0v) is 10.8. The number of rotatable bonds is 5. The Hall–Kier alpha value is -2.29. The molecular weight excluding hydrogens is 240 g/mol. The van der Waals surface area contributed by atoms with Gasteiger partial charge in [0.2, 0.25) is 0 Å². The molecule has 98 valence electrons. The van der Waals surface area contributed by atoms with E-state index >= 15 is 0 Å². The van der Waals surface area contributed by atoms with Gasteiger partial charge in [0, 0.05) is 0 Å². The monoisotopic (exact) mass is 256 g/mol. The smallest absolute Gasteiger partial charge is 0.307 e. The Kier molecular flexibility index (Phi) is 4.18. The number of hydrogen-bond acceptors (Lipinski definition) is 2. The molecule has 0 bridgehead atoms. The summed E-state index contributed by atoms with van der Waals surface area (Å²) in [6.07, 6.45) is 0.0156. The van der Waals surface area contributed by atoms with Crippen LogP contribution in [0.1, 0.15) is 16.7 Å². The van der Waals surface area contributed by atoms with Crippen LogP contribution in [0.4, 0.5) is 0 Å². The lowest BCUT2D eigenvalue weighted by Crippen LogP contribution is -2.01. The number of carbonyl (C=O) groups is 1. The summed E-state index contributed by atoms with van der Waals surface area (Å²) in [6, 6.07) is 15.3. The minimum Gasteiger partial charge on any atom is -0.489 e. The van der Waals surface area contributed by atoms with Gasteiger partial charge in [-0.1, -0.05) is 42.0 Å². The van der Waals surface area contributed by atoms with E-state index in [0.717, 1.165) is 11.1 Å². The van der Waals surface area contributed by atoms with E-state index in [2.05, 4.69) is 0 Å². The normalized spacial score (nSPS) is 10.2.